The highest BCUT2D eigenvalue weighted by molar-refractivity contribution is 9.10. The number of hydrogen-bond acceptors (Lipinski definition) is 1. The van der Waals surface area contributed by atoms with Crippen molar-refractivity contribution in [3.63, 3.8) is 0 Å². The highest BCUT2D eigenvalue weighted by Crippen LogP contribution is 2.31. The van der Waals surface area contributed by atoms with Gasteiger partial charge in [0.1, 0.15) is 0 Å². The van der Waals surface area contributed by atoms with Crippen LogP contribution in [-0.4, -0.2) is 6.54 Å². The van der Waals surface area contributed by atoms with Crippen molar-refractivity contribution < 1.29 is 0 Å². The van der Waals surface area contributed by atoms with Crippen molar-refractivity contribution in [3.8, 4) is 0 Å². The fourth-order valence-corrected chi connectivity index (χ4v) is 2.44. The summed E-state index contributed by atoms with van der Waals surface area (Å²) >= 11 is 9.49. The second-order valence-electron chi connectivity index (χ2n) is 3.31. The highest BCUT2D eigenvalue weighted by atomic mass is 79.9. The van der Waals surface area contributed by atoms with Gasteiger partial charge in [-0.3, -0.25) is 0 Å². The number of hydrogen-bond donors (Lipinski definition) is 1. The van der Waals surface area contributed by atoms with Gasteiger partial charge in [0.25, 0.3) is 0 Å². The van der Waals surface area contributed by atoms with Crippen LogP contribution in [0.1, 0.15) is 24.4 Å². The first-order valence-corrected chi connectivity index (χ1v) is 5.63. The van der Waals surface area contributed by atoms with Gasteiger partial charge in [0, 0.05) is 15.5 Å². The third kappa shape index (κ3) is 2.06. The van der Waals surface area contributed by atoms with Crippen molar-refractivity contribution in [2.24, 2.45) is 0 Å². The molecule has 1 aliphatic rings. The largest absolute Gasteiger partial charge is 0.310 e. The molecule has 0 unspecified atom stereocenters. The maximum atomic E-state index is 5.95. The predicted octanol–water partition coefficient (Wildman–Crippen LogP) is 3.53. The Hall–Kier alpha value is -0.0500. The molecule has 70 valence electrons. The lowest BCUT2D eigenvalue weighted by molar-refractivity contribution is 0.645. The van der Waals surface area contributed by atoms with Gasteiger partial charge in [-0.15, -0.1) is 0 Å². The Balaban J connectivity index is 2.32. The van der Waals surface area contributed by atoms with E-state index in [0.717, 1.165) is 16.0 Å². The van der Waals surface area contributed by atoms with Crippen molar-refractivity contribution in [2.75, 3.05) is 6.54 Å². The zero-order valence-corrected chi connectivity index (χ0v) is 9.53. The molecule has 1 saturated heterocycles. The molecule has 1 aromatic rings. The first-order valence-electron chi connectivity index (χ1n) is 4.46. The highest BCUT2D eigenvalue weighted by Gasteiger charge is 2.18. The molecule has 1 nitrogen and oxygen atoms in total. The summed E-state index contributed by atoms with van der Waals surface area (Å²) in [4.78, 5) is 0. The molecule has 1 atom stereocenters. The Morgan fingerprint density at radius 1 is 1.46 bits per heavy atom. The maximum absolute atomic E-state index is 5.95. The Kier molecular flexibility index (Phi) is 2.92. The van der Waals surface area contributed by atoms with Crippen molar-refractivity contribution in [1.29, 1.82) is 0 Å². The molecule has 0 bridgehead atoms. The SMILES string of the molecule is Clc1ccc(Br)c([C@@H]2CCCN2)c1. The van der Waals surface area contributed by atoms with E-state index in [-0.39, 0.29) is 0 Å². The van der Waals surface area contributed by atoms with Gasteiger partial charge in [0.05, 0.1) is 0 Å². The van der Waals surface area contributed by atoms with Gasteiger partial charge >= 0.3 is 0 Å². The van der Waals surface area contributed by atoms with Crippen LogP contribution in [0.25, 0.3) is 0 Å². The molecule has 3 heteroatoms. The minimum atomic E-state index is 0.480. The van der Waals surface area contributed by atoms with Crippen LogP contribution in [0, 0.1) is 0 Å². The molecule has 1 aliphatic heterocycles. The molecule has 2 rings (SSSR count). The minimum absolute atomic E-state index is 0.480. The van der Waals surface area contributed by atoms with Crippen LogP contribution in [0.3, 0.4) is 0 Å². The number of halogens is 2. The fraction of sp³-hybridized carbons (Fsp3) is 0.400. The van der Waals surface area contributed by atoms with E-state index in [1.54, 1.807) is 0 Å². The molecule has 13 heavy (non-hydrogen) atoms. The van der Waals surface area contributed by atoms with Crippen LogP contribution in [0.2, 0.25) is 5.02 Å². The van der Waals surface area contributed by atoms with Crippen LogP contribution in [-0.2, 0) is 0 Å². The van der Waals surface area contributed by atoms with Gasteiger partial charge in [-0.1, -0.05) is 27.5 Å². The lowest BCUT2D eigenvalue weighted by atomic mass is 10.1. The third-order valence-electron chi connectivity index (χ3n) is 2.39. The van der Waals surface area contributed by atoms with Crippen molar-refractivity contribution >= 4 is 27.5 Å². The van der Waals surface area contributed by atoms with E-state index in [0.29, 0.717) is 6.04 Å². The molecule has 1 aromatic carbocycles. The second-order valence-corrected chi connectivity index (χ2v) is 4.61. The molecule has 0 radical (unpaired) electrons. The summed E-state index contributed by atoms with van der Waals surface area (Å²) < 4.78 is 1.15. The van der Waals surface area contributed by atoms with Crippen molar-refractivity contribution in [2.45, 2.75) is 18.9 Å². The smallest absolute Gasteiger partial charge is 0.0410 e. The molecule has 1 N–H and O–H groups in total. The van der Waals surface area contributed by atoms with E-state index >= 15 is 0 Å². The summed E-state index contributed by atoms with van der Waals surface area (Å²) in [6, 6.07) is 6.43. The van der Waals surface area contributed by atoms with E-state index in [1.807, 2.05) is 18.2 Å². The summed E-state index contributed by atoms with van der Waals surface area (Å²) in [5.74, 6) is 0. The van der Waals surface area contributed by atoms with Crippen molar-refractivity contribution in [3.05, 3.63) is 33.3 Å². The van der Waals surface area contributed by atoms with Gasteiger partial charge in [-0.05, 0) is 43.1 Å². The lowest BCUT2D eigenvalue weighted by Gasteiger charge is -2.12. The van der Waals surface area contributed by atoms with E-state index in [9.17, 15) is 0 Å². The van der Waals surface area contributed by atoms with E-state index in [1.165, 1.54) is 18.4 Å². The van der Waals surface area contributed by atoms with Gasteiger partial charge in [-0.25, -0.2) is 0 Å². The summed E-state index contributed by atoms with van der Waals surface area (Å²) in [5, 5.41) is 4.26. The Morgan fingerprint density at radius 2 is 2.31 bits per heavy atom. The molecule has 0 spiro atoms. The Bertz CT molecular complexity index is 308. The topological polar surface area (TPSA) is 12.0 Å². The molecule has 0 amide bonds. The fourth-order valence-electron chi connectivity index (χ4n) is 1.73. The standard InChI is InChI=1S/C10H11BrClN/c11-9-4-3-7(12)6-8(9)10-2-1-5-13-10/h3-4,6,10,13H,1-2,5H2/t10-/m0/s1. The molecule has 1 fully saturated rings. The lowest BCUT2D eigenvalue weighted by Crippen LogP contribution is -2.13. The number of nitrogens with one attached hydrogen (secondary N) is 1. The Labute approximate surface area is 91.6 Å². The average molecular weight is 261 g/mol. The molecule has 1 heterocycles. The summed E-state index contributed by atoms with van der Waals surface area (Å²) in [5.41, 5.74) is 1.28. The number of benzene rings is 1. The van der Waals surface area contributed by atoms with Crippen LogP contribution >= 0.6 is 27.5 Å². The monoisotopic (exact) mass is 259 g/mol. The summed E-state index contributed by atoms with van der Waals surface area (Å²) in [6.07, 6.45) is 2.46. The molecular formula is C10H11BrClN. The molecule has 0 aromatic heterocycles. The van der Waals surface area contributed by atoms with Crippen LogP contribution < -0.4 is 5.32 Å². The molecule has 0 saturated carbocycles. The zero-order valence-electron chi connectivity index (χ0n) is 7.19. The third-order valence-corrected chi connectivity index (χ3v) is 3.35. The predicted molar refractivity (Wildman–Crippen MR) is 59.1 cm³/mol. The number of rotatable bonds is 1. The average Bonchev–Trinajstić information content (AvgIpc) is 2.61. The first-order chi connectivity index (χ1) is 6.27. The van der Waals surface area contributed by atoms with Gasteiger partial charge < -0.3 is 5.32 Å². The quantitative estimate of drug-likeness (QED) is 0.814. The normalized spacial score (nSPS) is 22.2. The van der Waals surface area contributed by atoms with Gasteiger partial charge in [-0.2, -0.15) is 0 Å². The minimum Gasteiger partial charge on any atom is -0.310 e. The molecular weight excluding hydrogens is 249 g/mol. The van der Waals surface area contributed by atoms with Gasteiger partial charge in [0.2, 0.25) is 0 Å². The summed E-state index contributed by atoms with van der Waals surface area (Å²) in [6.45, 7) is 1.11. The van der Waals surface area contributed by atoms with E-state index in [2.05, 4.69) is 21.2 Å². The summed E-state index contributed by atoms with van der Waals surface area (Å²) in [7, 11) is 0. The van der Waals surface area contributed by atoms with Crippen LogP contribution in [0.15, 0.2) is 22.7 Å². The van der Waals surface area contributed by atoms with Crippen LogP contribution in [0.5, 0.6) is 0 Å². The second kappa shape index (κ2) is 3.99. The van der Waals surface area contributed by atoms with E-state index in [4.69, 9.17) is 11.6 Å². The van der Waals surface area contributed by atoms with E-state index < -0.39 is 0 Å². The van der Waals surface area contributed by atoms with Crippen LogP contribution in [0.4, 0.5) is 0 Å². The van der Waals surface area contributed by atoms with Crippen molar-refractivity contribution in [1.82, 2.24) is 5.32 Å². The first kappa shape index (κ1) is 9.50. The maximum Gasteiger partial charge on any atom is 0.0410 e. The molecule has 0 aliphatic carbocycles. The van der Waals surface area contributed by atoms with Gasteiger partial charge in [0.15, 0.2) is 0 Å². The zero-order chi connectivity index (χ0) is 9.26. The Morgan fingerprint density at radius 3 is 3.00 bits per heavy atom.